The molecule has 1 nitrogen and oxygen atoms in total. The summed E-state index contributed by atoms with van der Waals surface area (Å²) in [5, 5.41) is -0.777. The third-order valence-corrected chi connectivity index (χ3v) is 2.21. The second-order valence-electron chi connectivity index (χ2n) is 3.07. The van der Waals surface area contributed by atoms with Crippen LogP contribution < -0.4 is 5.73 Å². The van der Waals surface area contributed by atoms with Gasteiger partial charge in [-0.1, -0.05) is 17.7 Å². The number of hydrogen-bond acceptors (Lipinski definition) is 1. The zero-order valence-corrected chi connectivity index (χ0v) is 8.29. The van der Waals surface area contributed by atoms with Gasteiger partial charge in [0, 0.05) is 6.42 Å². The van der Waals surface area contributed by atoms with Crippen LogP contribution in [0.25, 0.3) is 0 Å². The number of rotatable bonds is 3. The van der Waals surface area contributed by atoms with Gasteiger partial charge in [-0.05, 0) is 11.6 Å². The molecule has 84 valence electrons. The van der Waals surface area contributed by atoms with Crippen LogP contribution in [0.15, 0.2) is 12.1 Å². The highest BCUT2D eigenvalue weighted by atomic mass is 35.5. The van der Waals surface area contributed by atoms with Crippen LogP contribution in [0.2, 0.25) is 5.02 Å². The van der Waals surface area contributed by atoms with Crippen LogP contribution in [0.1, 0.15) is 5.56 Å². The molecule has 0 bridgehead atoms. The highest BCUT2D eigenvalue weighted by molar-refractivity contribution is 6.30. The summed E-state index contributed by atoms with van der Waals surface area (Å²) in [7, 11) is 0. The molecule has 6 heteroatoms. The quantitative estimate of drug-likeness (QED) is 0.639. The lowest BCUT2D eigenvalue weighted by atomic mass is 10.1. The monoisotopic (exact) mass is 241 g/mol. The Morgan fingerprint density at radius 3 is 2.40 bits per heavy atom. The summed E-state index contributed by atoms with van der Waals surface area (Å²) in [5.41, 5.74) is 4.44. The molecular weight excluding hydrogens is 234 g/mol. The van der Waals surface area contributed by atoms with Crippen LogP contribution in [-0.2, 0) is 6.42 Å². The minimum atomic E-state index is -3.22. The van der Waals surface area contributed by atoms with E-state index in [2.05, 4.69) is 0 Å². The molecule has 0 heterocycles. The van der Waals surface area contributed by atoms with Crippen LogP contribution in [-0.4, -0.2) is 12.5 Å². The summed E-state index contributed by atoms with van der Waals surface area (Å²) < 4.78 is 51.5. The maximum absolute atomic E-state index is 13.2. The fourth-order valence-electron chi connectivity index (χ4n) is 1.05. The Kier molecular flexibility index (Phi) is 3.57. The molecule has 0 aliphatic heterocycles. The lowest BCUT2D eigenvalue weighted by Gasteiger charge is -2.14. The number of nitrogens with two attached hydrogens (primary N) is 1. The SMILES string of the molecule is NCC(F)(F)Cc1ccc(F)c(Cl)c1F. The predicted molar refractivity (Wildman–Crippen MR) is 49.1 cm³/mol. The predicted octanol–water partition coefficient (Wildman–Crippen LogP) is 2.75. The third-order valence-electron chi connectivity index (χ3n) is 1.86. The Hall–Kier alpha value is -0.810. The summed E-state index contributed by atoms with van der Waals surface area (Å²) >= 11 is 5.23. The Balaban J connectivity index is 3.02. The molecule has 1 rings (SSSR count). The van der Waals surface area contributed by atoms with Crippen LogP contribution in [0.3, 0.4) is 0 Å². The number of halogens is 5. The smallest absolute Gasteiger partial charge is 0.264 e. The van der Waals surface area contributed by atoms with E-state index in [0.29, 0.717) is 0 Å². The number of benzene rings is 1. The van der Waals surface area contributed by atoms with E-state index >= 15 is 0 Å². The van der Waals surface area contributed by atoms with Gasteiger partial charge in [0.05, 0.1) is 6.54 Å². The van der Waals surface area contributed by atoms with Gasteiger partial charge in [0.15, 0.2) is 0 Å². The summed E-state index contributed by atoms with van der Waals surface area (Å²) in [5.74, 6) is -5.36. The lowest BCUT2D eigenvalue weighted by molar-refractivity contribution is 0.0106. The molecule has 0 aliphatic rings. The Labute approximate surface area is 88.8 Å². The van der Waals surface area contributed by atoms with Gasteiger partial charge in [-0.15, -0.1) is 0 Å². The van der Waals surface area contributed by atoms with Crippen LogP contribution in [0.4, 0.5) is 17.6 Å². The van der Waals surface area contributed by atoms with Crippen molar-refractivity contribution in [3.05, 3.63) is 34.4 Å². The molecule has 0 aliphatic carbocycles. The Morgan fingerprint density at radius 2 is 1.87 bits per heavy atom. The van der Waals surface area contributed by atoms with Gasteiger partial charge in [0.25, 0.3) is 5.92 Å². The molecule has 0 aromatic heterocycles. The highest BCUT2D eigenvalue weighted by Crippen LogP contribution is 2.26. The summed E-state index contributed by atoms with van der Waals surface area (Å²) in [6.07, 6.45) is -0.894. The van der Waals surface area contributed by atoms with E-state index in [1.165, 1.54) is 0 Å². The molecule has 0 atom stereocenters. The normalized spacial score (nSPS) is 11.9. The fourth-order valence-corrected chi connectivity index (χ4v) is 1.24. The second kappa shape index (κ2) is 4.37. The van der Waals surface area contributed by atoms with Crippen molar-refractivity contribution in [3.8, 4) is 0 Å². The lowest BCUT2D eigenvalue weighted by Crippen LogP contribution is -2.30. The van der Waals surface area contributed by atoms with E-state index in [1.54, 1.807) is 0 Å². The Bertz CT molecular complexity index is 367. The second-order valence-corrected chi connectivity index (χ2v) is 3.45. The number of hydrogen-bond donors (Lipinski definition) is 1. The zero-order valence-electron chi connectivity index (χ0n) is 7.54. The molecular formula is C9H8ClF4N. The molecule has 2 N–H and O–H groups in total. The topological polar surface area (TPSA) is 26.0 Å². The van der Waals surface area contributed by atoms with Crippen molar-refractivity contribution in [1.82, 2.24) is 0 Å². The maximum Gasteiger partial charge on any atom is 0.264 e. The molecule has 0 radical (unpaired) electrons. The highest BCUT2D eigenvalue weighted by Gasteiger charge is 2.29. The van der Waals surface area contributed by atoms with Gasteiger partial charge < -0.3 is 5.73 Å². The van der Waals surface area contributed by atoms with E-state index in [-0.39, 0.29) is 5.56 Å². The van der Waals surface area contributed by atoms with Crippen LogP contribution in [0, 0.1) is 11.6 Å². The molecule has 0 unspecified atom stereocenters. The molecule has 0 saturated heterocycles. The molecule has 0 saturated carbocycles. The van der Waals surface area contributed by atoms with E-state index in [4.69, 9.17) is 17.3 Å². The minimum absolute atomic E-state index is 0.350. The van der Waals surface area contributed by atoms with Crippen molar-refractivity contribution < 1.29 is 17.6 Å². The van der Waals surface area contributed by atoms with Crippen molar-refractivity contribution in [3.63, 3.8) is 0 Å². The van der Waals surface area contributed by atoms with Crippen LogP contribution >= 0.6 is 11.6 Å². The van der Waals surface area contributed by atoms with Crippen molar-refractivity contribution in [2.75, 3.05) is 6.54 Å². The zero-order chi connectivity index (χ0) is 11.6. The number of alkyl halides is 2. The van der Waals surface area contributed by atoms with Gasteiger partial charge >= 0.3 is 0 Å². The molecule has 15 heavy (non-hydrogen) atoms. The first-order chi connectivity index (χ1) is 6.87. The average Bonchev–Trinajstić information content (AvgIpc) is 2.19. The van der Waals surface area contributed by atoms with Crippen molar-refractivity contribution in [2.24, 2.45) is 5.73 Å². The van der Waals surface area contributed by atoms with Gasteiger partial charge in [0.2, 0.25) is 0 Å². The summed E-state index contributed by atoms with van der Waals surface area (Å²) in [6.45, 7) is -0.901. The summed E-state index contributed by atoms with van der Waals surface area (Å²) in [4.78, 5) is 0. The van der Waals surface area contributed by atoms with Gasteiger partial charge in [-0.3, -0.25) is 0 Å². The van der Waals surface area contributed by atoms with E-state index in [0.717, 1.165) is 12.1 Å². The summed E-state index contributed by atoms with van der Waals surface area (Å²) in [6, 6.07) is 1.77. The van der Waals surface area contributed by atoms with E-state index in [9.17, 15) is 17.6 Å². The molecule has 0 fully saturated rings. The van der Waals surface area contributed by atoms with E-state index < -0.39 is 35.5 Å². The van der Waals surface area contributed by atoms with Gasteiger partial charge in [-0.25, -0.2) is 17.6 Å². The molecule has 0 amide bonds. The maximum atomic E-state index is 13.2. The van der Waals surface area contributed by atoms with Crippen molar-refractivity contribution in [2.45, 2.75) is 12.3 Å². The van der Waals surface area contributed by atoms with Crippen molar-refractivity contribution in [1.29, 1.82) is 0 Å². The average molecular weight is 242 g/mol. The first kappa shape index (κ1) is 12.3. The van der Waals surface area contributed by atoms with Gasteiger partial charge in [-0.2, -0.15) is 0 Å². The minimum Gasteiger partial charge on any atom is -0.325 e. The molecule has 0 spiro atoms. The van der Waals surface area contributed by atoms with Crippen molar-refractivity contribution >= 4 is 11.6 Å². The van der Waals surface area contributed by atoms with E-state index in [1.807, 2.05) is 0 Å². The molecule has 1 aromatic rings. The fraction of sp³-hybridized carbons (Fsp3) is 0.333. The largest absolute Gasteiger partial charge is 0.325 e. The first-order valence-electron chi connectivity index (χ1n) is 4.07. The Morgan fingerprint density at radius 1 is 1.27 bits per heavy atom. The first-order valence-corrected chi connectivity index (χ1v) is 4.45. The van der Waals surface area contributed by atoms with Crippen LogP contribution in [0.5, 0.6) is 0 Å². The third kappa shape index (κ3) is 2.82. The molecule has 1 aromatic carbocycles. The van der Waals surface area contributed by atoms with Gasteiger partial charge in [0.1, 0.15) is 16.7 Å². The standard InChI is InChI=1S/C9H8ClF4N/c10-7-6(11)2-1-5(8(7)12)3-9(13,14)4-15/h1-2H,3-4,15H2.